The van der Waals surface area contributed by atoms with Gasteiger partial charge in [0.15, 0.2) is 0 Å². The molecule has 0 aliphatic carbocycles. The Morgan fingerprint density at radius 2 is 1.95 bits per heavy atom. The Kier molecular flexibility index (Phi) is 4.64. The first-order valence-electron chi connectivity index (χ1n) is 6.21. The van der Waals surface area contributed by atoms with E-state index in [0.29, 0.717) is 17.2 Å². The van der Waals surface area contributed by atoms with Gasteiger partial charge < -0.3 is 9.84 Å². The van der Waals surface area contributed by atoms with Crippen molar-refractivity contribution in [1.29, 1.82) is 0 Å². The maximum Gasteiger partial charge on any atom is 0.311 e. The molecule has 0 saturated carbocycles. The standard InChI is InChI=1S/C16H15ClO3/c1-20-14-4-2-3-12(10-14)15(16(18)19)9-11-5-7-13(17)8-6-11/h2-8,10,15H,9H2,1H3,(H,18,19). The number of ether oxygens (including phenoxy) is 1. The molecule has 104 valence electrons. The Morgan fingerprint density at radius 3 is 2.55 bits per heavy atom. The number of methoxy groups -OCH3 is 1. The SMILES string of the molecule is COc1cccc(C(Cc2ccc(Cl)cc2)C(=O)O)c1. The quantitative estimate of drug-likeness (QED) is 0.912. The predicted molar refractivity (Wildman–Crippen MR) is 78.5 cm³/mol. The van der Waals surface area contributed by atoms with E-state index >= 15 is 0 Å². The molecule has 0 saturated heterocycles. The summed E-state index contributed by atoms with van der Waals surface area (Å²) in [5.41, 5.74) is 1.66. The first kappa shape index (κ1) is 14.4. The molecule has 3 nitrogen and oxygen atoms in total. The van der Waals surface area contributed by atoms with Gasteiger partial charge in [-0.15, -0.1) is 0 Å². The largest absolute Gasteiger partial charge is 0.497 e. The number of rotatable bonds is 5. The van der Waals surface area contributed by atoms with Crippen molar-refractivity contribution < 1.29 is 14.6 Å². The lowest BCUT2D eigenvalue weighted by molar-refractivity contribution is -0.138. The van der Waals surface area contributed by atoms with Crippen LogP contribution >= 0.6 is 11.6 Å². The zero-order chi connectivity index (χ0) is 14.5. The van der Waals surface area contributed by atoms with Crippen LogP contribution in [0.5, 0.6) is 5.75 Å². The van der Waals surface area contributed by atoms with Crippen molar-refractivity contribution in [2.45, 2.75) is 12.3 Å². The molecule has 0 aromatic heterocycles. The van der Waals surface area contributed by atoms with Gasteiger partial charge in [0.1, 0.15) is 5.75 Å². The summed E-state index contributed by atoms with van der Waals surface area (Å²) >= 11 is 5.83. The second-order valence-electron chi connectivity index (χ2n) is 4.50. The van der Waals surface area contributed by atoms with Gasteiger partial charge in [0.05, 0.1) is 13.0 Å². The van der Waals surface area contributed by atoms with Crippen molar-refractivity contribution in [3.8, 4) is 5.75 Å². The normalized spacial score (nSPS) is 11.9. The van der Waals surface area contributed by atoms with Crippen LogP contribution < -0.4 is 4.74 Å². The number of carboxylic acid groups (broad SMARTS) is 1. The molecule has 0 aliphatic rings. The molecule has 0 amide bonds. The highest BCUT2D eigenvalue weighted by molar-refractivity contribution is 6.30. The van der Waals surface area contributed by atoms with Crippen LogP contribution in [0.2, 0.25) is 5.02 Å². The molecule has 20 heavy (non-hydrogen) atoms. The molecule has 1 atom stereocenters. The number of aliphatic carboxylic acids is 1. The molecular formula is C16H15ClO3. The summed E-state index contributed by atoms with van der Waals surface area (Å²) in [5.74, 6) is -0.802. The second-order valence-corrected chi connectivity index (χ2v) is 4.93. The van der Waals surface area contributed by atoms with Crippen molar-refractivity contribution in [1.82, 2.24) is 0 Å². The molecular weight excluding hydrogens is 276 g/mol. The molecule has 0 bridgehead atoms. The first-order chi connectivity index (χ1) is 9.60. The van der Waals surface area contributed by atoms with E-state index < -0.39 is 11.9 Å². The van der Waals surface area contributed by atoms with Crippen molar-refractivity contribution in [3.05, 3.63) is 64.7 Å². The first-order valence-corrected chi connectivity index (χ1v) is 6.59. The zero-order valence-electron chi connectivity index (χ0n) is 11.0. The average Bonchev–Trinajstić information content (AvgIpc) is 2.46. The van der Waals surface area contributed by atoms with Crippen molar-refractivity contribution in [3.63, 3.8) is 0 Å². The topological polar surface area (TPSA) is 46.5 Å². The molecule has 2 aromatic carbocycles. The molecule has 1 unspecified atom stereocenters. The van der Waals surface area contributed by atoms with Crippen LogP contribution in [-0.4, -0.2) is 18.2 Å². The smallest absolute Gasteiger partial charge is 0.311 e. The molecule has 0 aliphatic heterocycles. The lowest BCUT2D eigenvalue weighted by atomic mass is 9.92. The lowest BCUT2D eigenvalue weighted by Gasteiger charge is -2.14. The highest BCUT2D eigenvalue weighted by Crippen LogP contribution is 2.25. The maximum atomic E-state index is 11.5. The van der Waals surface area contributed by atoms with Crippen LogP contribution in [0.15, 0.2) is 48.5 Å². The molecule has 0 heterocycles. The summed E-state index contributed by atoms with van der Waals surface area (Å²) in [6.07, 6.45) is 0.416. The fraction of sp³-hybridized carbons (Fsp3) is 0.188. The van der Waals surface area contributed by atoms with Crippen molar-refractivity contribution in [2.75, 3.05) is 7.11 Å². The van der Waals surface area contributed by atoms with Crippen LogP contribution in [0.1, 0.15) is 17.0 Å². The van der Waals surface area contributed by atoms with Gasteiger partial charge in [-0.1, -0.05) is 35.9 Å². The molecule has 1 N–H and O–H groups in total. The van der Waals surface area contributed by atoms with E-state index in [1.54, 1.807) is 43.5 Å². The highest BCUT2D eigenvalue weighted by Gasteiger charge is 2.20. The maximum absolute atomic E-state index is 11.5. The number of hydrogen-bond acceptors (Lipinski definition) is 2. The Balaban J connectivity index is 2.26. The molecule has 0 fully saturated rings. The monoisotopic (exact) mass is 290 g/mol. The second kappa shape index (κ2) is 6.44. The minimum atomic E-state index is -0.854. The van der Waals surface area contributed by atoms with Gasteiger partial charge in [0.2, 0.25) is 0 Å². The summed E-state index contributed by atoms with van der Waals surface area (Å²) in [6.45, 7) is 0. The minimum Gasteiger partial charge on any atom is -0.497 e. The van der Waals surface area contributed by atoms with Crippen LogP contribution in [0.3, 0.4) is 0 Å². The van der Waals surface area contributed by atoms with E-state index in [9.17, 15) is 9.90 Å². The van der Waals surface area contributed by atoms with E-state index in [1.165, 1.54) is 0 Å². The van der Waals surface area contributed by atoms with Crippen LogP contribution in [-0.2, 0) is 11.2 Å². The van der Waals surface area contributed by atoms with Gasteiger partial charge in [-0.2, -0.15) is 0 Å². The number of halogens is 1. The fourth-order valence-corrected chi connectivity index (χ4v) is 2.19. The summed E-state index contributed by atoms with van der Waals surface area (Å²) in [4.78, 5) is 11.5. The number of benzene rings is 2. The molecule has 4 heteroatoms. The van der Waals surface area contributed by atoms with Crippen LogP contribution in [0.4, 0.5) is 0 Å². The van der Waals surface area contributed by atoms with E-state index in [-0.39, 0.29) is 0 Å². The minimum absolute atomic E-state index is 0.416. The van der Waals surface area contributed by atoms with Gasteiger partial charge in [-0.25, -0.2) is 0 Å². The predicted octanol–water partition coefficient (Wildman–Crippen LogP) is 3.76. The number of carbonyl (C=O) groups is 1. The van der Waals surface area contributed by atoms with E-state index in [1.807, 2.05) is 12.1 Å². The lowest BCUT2D eigenvalue weighted by Crippen LogP contribution is -2.14. The van der Waals surface area contributed by atoms with E-state index in [4.69, 9.17) is 16.3 Å². The average molecular weight is 291 g/mol. The molecule has 2 aromatic rings. The molecule has 0 spiro atoms. The molecule has 0 radical (unpaired) electrons. The van der Waals surface area contributed by atoms with Gasteiger partial charge in [-0.3, -0.25) is 4.79 Å². The van der Waals surface area contributed by atoms with Gasteiger partial charge in [0, 0.05) is 5.02 Å². The van der Waals surface area contributed by atoms with Crippen LogP contribution in [0.25, 0.3) is 0 Å². The third kappa shape index (κ3) is 3.52. The Bertz CT molecular complexity index is 593. The number of hydrogen-bond donors (Lipinski definition) is 1. The van der Waals surface area contributed by atoms with Crippen molar-refractivity contribution in [2.24, 2.45) is 0 Å². The summed E-state index contributed by atoms with van der Waals surface area (Å²) < 4.78 is 5.14. The Hall–Kier alpha value is -2.00. The van der Waals surface area contributed by atoms with E-state index in [2.05, 4.69) is 0 Å². The van der Waals surface area contributed by atoms with Gasteiger partial charge in [-0.05, 0) is 41.8 Å². The van der Waals surface area contributed by atoms with Crippen molar-refractivity contribution >= 4 is 17.6 Å². The fourth-order valence-electron chi connectivity index (χ4n) is 2.06. The third-order valence-electron chi connectivity index (χ3n) is 3.15. The molecule has 2 rings (SSSR count). The van der Waals surface area contributed by atoms with Crippen LogP contribution in [0, 0.1) is 0 Å². The summed E-state index contributed by atoms with van der Waals surface area (Å²) in [7, 11) is 1.56. The highest BCUT2D eigenvalue weighted by atomic mass is 35.5. The van der Waals surface area contributed by atoms with Gasteiger partial charge in [0.25, 0.3) is 0 Å². The van der Waals surface area contributed by atoms with Gasteiger partial charge >= 0.3 is 5.97 Å². The summed E-state index contributed by atoms with van der Waals surface area (Å²) in [6, 6.07) is 14.4. The Labute approximate surface area is 122 Å². The number of carboxylic acids is 1. The zero-order valence-corrected chi connectivity index (χ0v) is 11.8. The third-order valence-corrected chi connectivity index (χ3v) is 3.40. The van der Waals surface area contributed by atoms with E-state index in [0.717, 1.165) is 11.1 Å². The summed E-state index contributed by atoms with van der Waals surface area (Å²) in [5, 5.41) is 10.1. The Morgan fingerprint density at radius 1 is 1.25 bits per heavy atom.